The minimum absolute atomic E-state index is 0.326. The fourth-order valence-electron chi connectivity index (χ4n) is 3.00. The fraction of sp³-hybridized carbons (Fsp3) is 0.263. The number of rotatable bonds is 4. The number of nitrogens with zero attached hydrogens (tertiary/aromatic N) is 3. The summed E-state index contributed by atoms with van der Waals surface area (Å²) in [5, 5.41) is 3.08. The Morgan fingerprint density at radius 3 is 2.67 bits per heavy atom. The van der Waals surface area contributed by atoms with Crippen LogP contribution in [-0.2, 0) is 18.4 Å². The number of nitrogens with one attached hydrogen (secondary N) is 1. The number of hydrogen-bond donors (Lipinski definition) is 1. The van der Waals surface area contributed by atoms with E-state index in [9.17, 15) is 14.4 Å². The van der Waals surface area contributed by atoms with Crippen LogP contribution in [0.4, 0.5) is 5.69 Å². The van der Waals surface area contributed by atoms with E-state index in [1.54, 1.807) is 44.8 Å². The molecule has 2 heterocycles. The number of aromatic nitrogens is 3. The molecular weight excluding hydrogens is 364 g/mol. The third-order valence-electron chi connectivity index (χ3n) is 4.28. The van der Waals surface area contributed by atoms with Gasteiger partial charge < -0.3 is 5.32 Å². The molecule has 1 N–H and O–H groups in total. The van der Waals surface area contributed by atoms with Gasteiger partial charge in [0.1, 0.15) is 12.2 Å². The summed E-state index contributed by atoms with van der Waals surface area (Å²) in [6.45, 7) is 3.23. The lowest BCUT2D eigenvalue weighted by molar-refractivity contribution is -0.116. The lowest BCUT2D eigenvalue weighted by Gasteiger charge is -2.12. The highest BCUT2D eigenvalue weighted by Crippen LogP contribution is 2.19. The first kappa shape index (κ1) is 18.9. The van der Waals surface area contributed by atoms with Crippen LogP contribution in [0, 0.1) is 13.8 Å². The minimum atomic E-state index is -0.571. The van der Waals surface area contributed by atoms with E-state index in [-0.39, 0.29) is 6.54 Å². The largest absolute Gasteiger partial charge is 0.332 e. The van der Waals surface area contributed by atoms with Crippen LogP contribution in [0.5, 0.6) is 0 Å². The number of hydrogen-bond acceptors (Lipinski definition) is 5. The molecule has 8 heteroatoms. The van der Waals surface area contributed by atoms with E-state index in [1.807, 2.05) is 24.5 Å². The van der Waals surface area contributed by atoms with Crippen molar-refractivity contribution < 1.29 is 4.79 Å². The first-order valence-corrected chi connectivity index (χ1v) is 9.56. The van der Waals surface area contributed by atoms with E-state index in [0.717, 1.165) is 20.7 Å². The van der Waals surface area contributed by atoms with Crippen LogP contribution < -0.4 is 16.6 Å². The van der Waals surface area contributed by atoms with Crippen molar-refractivity contribution in [1.29, 1.82) is 0 Å². The SMILES string of the molecule is CSc1cccc(NC(=O)Cn2c(=O)c3c(C)cc(C)nc3n(C)c2=O)c1. The van der Waals surface area contributed by atoms with Crippen LogP contribution in [0.2, 0.25) is 0 Å². The number of amides is 1. The number of fused-ring (bicyclic) bond motifs is 1. The molecule has 0 radical (unpaired) electrons. The van der Waals surface area contributed by atoms with Crippen molar-refractivity contribution in [2.45, 2.75) is 25.3 Å². The normalized spacial score (nSPS) is 11.0. The van der Waals surface area contributed by atoms with Gasteiger partial charge in [-0.25, -0.2) is 9.78 Å². The topological polar surface area (TPSA) is 86.0 Å². The molecular formula is C19H20N4O3S. The van der Waals surface area contributed by atoms with Crippen LogP contribution in [0.25, 0.3) is 11.0 Å². The number of thioether (sulfide) groups is 1. The van der Waals surface area contributed by atoms with Crippen molar-refractivity contribution in [3.63, 3.8) is 0 Å². The Morgan fingerprint density at radius 1 is 1.22 bits per heavy atom. The standard InChI is InChI=1S/C19H20N4O3S/c1-11-8-12(2)20-17-16(11)18(25)23(19(26)22(17)3)10-15(24)21-13-6-5-7-14(9-13)27-4/h5-9H,10H2,1-4H3,(H,21,24). The third-order valence-corrected chi connectivity index (χ3v) is 5.00. The van der Waals surface area contributed by atoms with Gasteiger partial charge in [0.05, 0.1) is 5.39 Å². The van der Waals surface area contributed by atoms with Gasteiger partial charge in [-0.3, -0.25) is 18.7 Å². The summed E-state index contributed by atoms with van der Waals surface area (Å²) in [6, 6.07) is 9.14. The molecule has 0 bridgehead atoms. The molecule has 0 aliphatic heterocycles. The molecule has 27 heavy (non-hydrogen) atoms. The minimum Gasteiger partial charge on any atom is -0.324 e. The third kappa shape index (κ3) is 3.66. The van der Waals surface area contributed by atoms with Crippen LogP contribution in [0.1, 0.15) is 11.3 Å². The maximum atomic E-state index is 12.8. The van der Waals surface area contributed by atoms with Crippen molar-refractivity contribution in [3.05, 3.63) is 62.4 Å². The van der Waals surface area contributed by atoms with Gasteiger partial charge in [-0.1, -0.05) is 6.07 Å². The summed E-state index contributed by atoms with van der Waals surface area (Å²) in [4.78, 5) is 43.2. The van der Waals surface area contributed by atoms with Crippen molar-refractivity contribution >= 4 is 34.4 Å². The number of aryl methyl sites for hydroxylation is 3. The molecule has 0 saturated carbocycles. The molecule has 3 aromatic rings. The Balaban J connectivity index is 2.01. The Kier molecular flexibility index (Phi) is 5.18. The summed E-state index contributed by atoms with van der Waals surface area (Å²) in [5.74, 6) is -0.440. The van der Waals surface area contributed by atoms with E-state index in [1.165, 1.54) is 4.57 Å². The van der Waals surface area contributed by atoms with Gasteiger partial charge in [-0.05, 0) is 49.9 Å². The highest BCUT2D eigenvalue weighted by atomic mass is 32.2. The lowest BCUT2D eigenvalue weighted by atomic mass is 10.2. The van der Waals surface area contributed by atoms with Crippen molar-refractivity contribution in [3.8, 4) is 0 Å². The van der Waals surface area contributed by atoms with E-state index in [0.29, 0.717) is 16.7 Å². The van der Waals surface area contributed by atoms with E-state index < -0.39 is 17.2 Å². The summed E-state index contributed by atoms with van der Waals surface area (Å²) >= 11 is 1.56. The molecule has 0 fully saturated rings. The smallest absolute Gasteiger partial charge is 0.324 e. The number of carbonyl (C=O) groups excluding carboxylic acids is 1. The Hall–Kier alpha value is -2.87. The molecule has 0 unspecified atom stereocenters. The zero-order chi connectivity index (χ0) is 19.7. The van der Waals surface area contributed by atoms with E-state index in [4.69, 9.17) is 0 Å². The summed E-state index contributed by atoms with van der Waals surface area (Å²) < 4.78 is 2.25. The second-order valence-electron chi connectivity index (χ2n) is 6.29. The average molecular weight is 384 g/mol. The zero-order valence-electron chi connectivity index (χ0n) is 15.6. The maximum Gasteiger partial charge on any atom is 0.332 e. The van der Waals surface area contributed by atoms with Gasteiger partial charge in [-0.2, -0.15) is 0 Å². The van der Waals surface area contributed by atoms with E-state index in [2.05, 4.69) is 10.3 Å². The second-order valence-corrected chi connectivity index (χ2v) is 7.17. The summed E-state index contributed by atoms with van der Waals surface area (Å²) in [5.41, 5.74) is 1.31. The Morgan fingerprint density at radius 2 is 1.96 bits per heavy atom. The molecule has 0 aliphatic rings. The van der Waals surface area contributed by atoms with Gasteiger partial charge in [-0.15, -0.1) is 11.8 Å². The zero-order valence-corrected chi connectivity index (χ0v) is 16.4. The molecule has 7 nitrogen and oxygen atoms in total. The van der Waals surface area contributed by atoms with Gasteiger partial charge >= 0.3 is 5.69 Å². The number of carbonyl (C=O) groups is 1. The Labute approximate surface area is 160 Å². The summed E-state index contributed by atoms with van der Waals surface area (Å²) in [7, 11) is 1.55. The maximum absolute atomic E-state index is 12.8. The molecule has 140 valence electrons. The second kappa shape index (κ2) is 7.40. The van der Waals surface area contributed by atoms with Gasteiger partial charge in [0, 0.05) is 23.3 Å². The monoisotopic (exact) mass is 384 g/mol. The van der Waals surface area contributed by atoms with Gasteiger partial charge in [0.15, 0.2) is 0 Å². The molecule has 1 aromatic carbocycles. The predicted octanol–water partition coefficient (Wildman–Crippen LogP) is 2.07. The quantitative estimate of drug-likeness (QED) is 0.696. The molecule has 3 rings (SSSR count). The van der Waals surface area contributed by atoms with Crippen molar-refractivity contribution in [2.75, 3.05) is 11.6 Å². The van der Waals surface area contributed by atoms with Crippen LogP contribution in [0.15, 0.2) is 44.8 Å². The highest BCUT2D eigenvalue weighted by molar-refractivity contribution is 7.98. The lowest BCUT2D eigenvalue weighted by Crippen LogP contribution is -2.42. The van der Waals surface area contributed by atoms with Crippen molar-refractivity contribution in [1.82, 2.24) is 14.1 Å². The van der Waals surface area contributed by atoms with Gasteiger partial charge in [0.2, 0.25) is 5.91 Å². The molecule has 0 saturated heterocycles. The molecule has 2 aromatic heterocycles. The first-order valence-electron chi connectivity index (χ1n) is 8.33. The molecule has 0 spiro atoms. The first-order chi connectivity index (χ1) is 12.8. The molecule has 0 atom stereocenters. The number of pyridine rings is 1. The van der Waals surface area contributed by atoms with E-state index >= 15 is 0 Å². The molecule has 1 amide bonds. The Bertz CT molecular complexity index is 1160. The number of benzene rings is 1. The van der Waals surface area contributed by atoms with Crippen molar-refractivity contribution in [2.24, 2.45) is 7.05 Å². The van der Waals surface area contributed by atoms with Gasteiger partial charge in [0.25, 0.3) is 5.56 Å². The van der Waals surface area contributed by atoms with Crippen LogP contribution >= 0.6 is 11.8 Å². The average Bonchev–Trinajstić information content (AvgIpc) is 2.63. The van der Waals surface area contributed by atoms with Crippen LogP contribution in [-0.4, -0.2) is 26.3 Å². The molecule has 0 aliphatic carbocycles. The fourth-order valence-corrected chi connectivity index (χ4v) is 3.46. The number of anilines is 1. The summed E-state index contributed by atoms with van der Waals surface area (Å²) in [6.07, 6.45) is 1.94. The predicted molar refractivity (Wildman–Crippen MR) is 108 cm³/mol. The van der Waals surface area contributed by atoms with Crippen LogP contribution in [0.3, 0.4) is 0 Å². The highest BCUT2D eigenvalue weighted by Gasteiger charge is 2.16.